The first-order valence-electron chi connectivity index (χ1n) is 8.52. The topological polar surface area (TPSA) is 41.5 Å². The van der Waals surface area contributed by atoms with E-state index in [4.69, 9.17) is 4.74 Å². The van der Waals surface area contributed by atoms with Crippen molar-refractivity contribution in [3.8, 4) is 0 Å². The Labute approximate surface area is 149 Å². The van der Waals surface area contributed by atoms with Gasteiger partial charge in [-0.2, -0.15) is 0 Å². The Morgan fingerprint density at radius 2 is 2.17 bits per heavy atom. The molecule has 0 amide bonds. The first kappa shape index (κ1) is 16.3. The van der Waals surface area contributed by atoms with Gasteiger partial charge in [-0.05, 0) is 31.4 Å². The van der Waals surface area contributed by atoms with Gasteiger partial charge in [-0.15, -0.1) is 0 Å². The van der Waals surface area contributed by atoms with Gasteiger partial charge in [-0.1, -0.05) is 40.2 Å². The molecule has 128 valence electrons. The average Bonchev–Trinajstić information content (AvgIpc) is 2.61. The molecule has 0 bridgehead atoms. The number of nitrogens with one attached hydrogen (secondary N) is 1. The molecule has 2 heterocycles. The molecule has 1 fully saturated rings. The maximum Gasteiger partial charge on any atom is 0.147 e. The van der Waals surface area contributed by atoms with E-state index in [1.54, 1.807) is 0 Å². The summed E-state index contributed by atoms with van der Waals surface area (Å²) in [4.78, 5) is 0. The normalized spacial score (nSPS) is 34.4. The van der Waals surface area contributed by atoms with Gasteiger partial charge in [0.1, 0.15) is 5.82 Å². The van der Waals surface area contributed by atoms with Crippen LogP contribution in [0.1, 0.15) is 30.9 Å². The summed E-state index contributed by atoms with van der Waals surface area (Å²) in [5.41, 5.74) is 1.41. The number of hydrogen-bond acceptors (Lipinski definition) is 3. The number of anilines is 1. The summed E-state index contributed by atoms with van der Waals surface area (Å²) in [6, 6.07) is 3.57. The van der Waals surface area contributed by atoms with Crippen LogP contribution in [0.4, 0.5) is 10.1 Å². The molecule has 0 saturated carbocycles. The van der Waals surface area contributed by atoms with E-state index >= 15 is 0 Å². The second kappa shape index (κ2) is 6.62. The fourth-order valence-corrected chi connectivity index (χ4v) is 4.69. The monoisotopic (exact) mass is 393 g/mol. The molecule has 2 aliphatic heterocycles. The predicted molar refractivity (Wildman–Crippen MR) is 95.3 cm³/mol. The molecule has 3 aliphatic rings. The van der Waals surface area contributed by atoms with E-state index in [0.717, 1.165) is 24.8 Å². The lowest BCUT2D eigenvalue weighted by molar-refractivity contribution is -0.112. The van der Waals surface area contributed by atoms with Crippen LogP contribution in [0.3, 0.4) is 0 Å². The maximum atomic E-state index is 14.6. The second-order valence-corrected chi connectivity index (χ2v) is 7.75. The van der Waals surface area contributed by atoms with Gasteiger partial charge in [-0.25, -0.2) is 4.39 Å². The van der Waals surface area contributed by atoms with Crippen molar-refractivity contribution < 1.29 is 14.2 Å². The van der Waals surface area contributed by atoms with E-state index < -0.39 is 0 Å². The summed E-state index contributed by atoms with van der Waals surface area (Å²) >= 11 is 3.39. The van der Waals surface area contributed by atoms with Crippen molar-refractivity contribution in [3.63, 3.8) is 0 Å². The van der Waals surface area contributed by atoms with E-state index in [1.165, 1.54) is 6.07 Å². The third-order valence-electron chi connectivity index (χ3n) is 5.39. The van der Waals surface area contributed by atoms with Crippen LogP contribution in [0.2, 0.25) is 0 Å². The van der Waals surface area contributed by atoms with Crippen LogP contribution in [0, 0.1) is 17.7 Å². The first-order chi connectivity index (χ1) is 11.7. The number of halogens is 2. The summed E-state index contributed by atoms with van der Waals surface area (Å²) < 4.78 is 21.5. The Bertz CT molecular complexity index is 690. The van der Waals surface area contributed by atoms with Crippen LogP contribution >= 0.6 is 15.9 Å². The van der Waals surface area contributed by atoms with Crippen LogP contribution < -0.4 is 5.32 Å². The van der Waals surface area contributed by atoms with E-state index in [-0.39, 0.29) is 36.6 Å². The van der Waals surface area contributed by atoms with Crippen LogP contribution in [-0.4, -0.2) is 23.9 Å². The van der Waals surface area contributed by atoms with Crippen molar-refractivity contribution >= 4 is 21.6 Å². The molecule has 2 N–H and O–H groups in total. The predicted octanol–water partition coefficient (Wildman–Crippen LogP) is 4.34. The third-order valence-corrected chi connectivity index (χ3v) is 5.85. The smallest absolute Gasteiger partial charge is 0.147 e. The zero-order valence-corrected chi connectivity index (χ0v) is 14.9. The number of aliphatic hydroxyl groups excluding tert-OH is 1. The van der Waals surface area contributed by atoms with Crippen molar-refractivity contribution in [1.29, 1.82) is 0 Å². The Balaban J connectivity index is 1.74. The van der Waals surface area contributed by atoms with Crippen LogP contribution in [0.5, 0.6) is 0 Å². The van der Waals surface area contributed by atoms with Gasteiger partial charge in [-0.3, -0.25) is 0 Å². The van der Waals surface area contributed by atoms with E-state index in [1.807, 2.05) is 6.07 Å². The Morgan fingerprint density at radius 1 is 1.29 bits per heavy atom. The molecule has 1 aromatic carbocycles. The van der Waals surface area contributed by atoms with Gasteiger partial charge in [0.15, 0.2) is 0 Å². The fourth-order valence-electron chi connectivity index (χ4n) is 4.25. The minimum Gasteiger partial charge on any atom is -0.394 e. The van der Waals surface area contributed by atoms with Crippen LogP contribution in [-0.2, 0) is 4.74 Å². The molecule has 0 radical (unpaired) electrons. The summed E-state index contributed by atoms with van der Waals surface area (Å²) in [5, 5.41) is 13.0. The van der Waals surface area contributed by atoms with Crippen molar-refractivity contribution in [2.45, 2.75) is 37.5 Å². The number of fused-ring (bicyclic) bond motifs is 3. The van der Waals surface area contributed by atoms with Gasteiger partial charge in [0.2, 0.25) is 0 Å². The molecular formula is C19H21BrFNO2. The third kappa shape index (κ3) is 2.83. The van der Waals surface area contributed by atoms with Gasteiger partial charge < -0.3 is 15.2 Å². The molecule has 3 nitrogen and oxygen atoms in total. The summed E-state index contributed by atoms with van der Waals surface area (Å²) in [5.74, 6) is 0.344. The lowest BCUT2D eigenvalue weighted by Crippen LogP contribution is -2.47. The number of aliphatic hydroxyl groups is 1. The van der Waals surface area contributed by atoms with Gasteiger partial charge in [0, 0.05) is 27.9 Å². The number of hydrogen-bond donors (Lipinski definition) is 2. The molecule has 1 aliphatic carbocycles. The Kier molecular flexibility index (Phi) is 4.50. The van der Waals surface area contributed by atoms with Crippen LogP contribution in [0.25, 0.3) is 0 Å². The SMILES string of the molecule is OC[C@H]1CC[C@@H]2[C@H](O1)c1cc(Br)cc(F)c1N[C@H]2C1C=CC=CC1. The first-order valence-corrected chi connectivity index (χ1v) is 9.32. The molecule has 24 heavy (non-hydrogen) atoms. The summed E-state index contributed by atoms with van der Waals surface area (Å²) in [6.07, 6.45) is 10.9. The lowest BCUT2D eigenvalue weighted by atomic mass is 9.73. The minimum atomic E-state index is -0.257. The highest BCUT2D eigenvalue weighted by atomic mass is 79.9. The standard InChI is InChI=1S/C19H21BrFNO2/c20-12-8-15-18(16(21)9-12)22-17(11-4-2-1-3-5-11)14-7-6-13(10-23)24-19(14)15/h1-4,8-9,11,13-14,17,19,22-23H,5-7,10H2/t11?,13-,14+,17+,19+/m1/s1. The highest BCUT2D eigenvalue weighted by Gasteiger charge is 2.44. The average molecular weight is 394 g/mol. The molecule has 5 heteroatoms. The van der Waals surface area contributed by atoms with Gasteiger partial charge in [0.25, 0.3) is 0 Å². The largest absolute Gasteiger partial charge is 0.394 e. The van der Waals surface area contributed by atoms with Gasteiger partial charge >= 0.3 is 0 Å². The molecular weight excluding hydrogens is 373 g/mol. The second-order valence-electron chi connectivity index (χ2n) is 6.84. The number of allylic oxidation sites excluding steroid dienone is 3. The molecule has 0 spiro atoms. The van der Waals surface area contributed by atoms with Crippen molar-refractivity contribution in [1.82, 2.24) is 0 Å². The zero-order chi connectivity index (χ0) is 16.7. The number of ether oxygens (including phenoxy) is 1. The van der Waals surface area contributed by atoms with Crippen molar-refractivity contribution in [2.75, 3.05) is 11.9 Å². The number of benzene rings is 1. The molecule has 1 unspecified atom stereocenters. The molecule has 4 rings (SSSR count). The van der Waals surface area contributed by atoms with E-state index in [9.17, 15) is 9.50 Å². The van der Waals surface area contributed by atoms with E-state index in [0.29, 0.717) is 16.1 Å². The number of rotatable bonds is 2. The molecule has 1 aromatic rings. The van der Waals surface area contributed by atoms with Crippen LogP contribution in [0.15, 0.2) is 40.9 Å². The summed E-state index contributed by atoms with van der Waals surface area (Å²) in [6.45, 7) is 0.0131. The maximum absolute atomic E-state index is 14.6. The van der Waals surface area contributed by atoms with Crippen molar-refractivity contribution in [3.05, 3.63) is 52.3 Å². The molecule has 1 saturated heterocycles. The highest BCUT2D eigenvalue weighted by molar-refractivity contribution is 9.10. The minimum absolute atomic E-state index is 0.0131. The quantitative estimate of drug-likeness (QED) is 0.784. The molecule has 0 aromatic heterocycles. The van der Waals surface area contributed by atoms with Gasteiger partial charge in [0.05, 0.1) is 24.5 Å². The summed E-state index contributed by atoms with van der Waals surface area (Å²) in [7, 11) is 0. The highest BCUT2D eigenvalue weighted by Crippen LogP contribution is 2.49. The zero-order valence-electron chi connectivity index (χ0n) is 13.3. The molecule has 5 atom stereocenters. The fraction of sp³-hybridized carbons (Fsp3) is 0.474. The Hall–Kier alpha value is -1.17. The van der Waals surface area contributed by atoms with Crippen molar-refractivity contribution in [2.24, 2.45) is 11.8 Å². The Morgan fingerprint density at radius 3 is 2.92 bits per heavy atom. The lowest BCUT2D eigenvalue weighted by Gasteiger charge is -2.47. The van der Waals surface area contributed by atoms with E-state index in [2.05, 4.69) is 45.6 Å².